The van der Waals surface area contributed by atoms with Crippen LogP contribution in [0.15, 0.2) is 36.4 Å². The molecule has 2 aromatic rings. The molecule has 1 aliphatic heterocycles. The number of fused-ring (bicyclic) bond motifs is 1. The minimum Gasteiger partial charge on any atom is -0.489 e. The van der Waals surface area contributed by atoms with E-state index in [-0.39, 0.29) is 17.9 Å². The minimum absolute atomic E-state index is 0.190. The number of rotatable bonds is 4. The molecular formula is C20H19ClN2O4. The zero-order chi connectivity index (χ0) is 18.8. The molecule has 0 aromatic heterocycles. The highest BCUT2D eigenvalue weighted by Gasteiger charge is 2.25. The Labute approximate surface area is 161 Å². The fourth-order valence-corrected chi connectivity index (χ4v) is 3.10. The molecule has 1 aliphatic carbocycles. The molecule has 0 saturated heterocycles. The lowest BCUT2D eigenvalue weighted by atomic mass is 10.1. The second-order valence-corrected chi connectivity index (χ2v) is 6.99. The molecule has 1 saturated carbocycles. The van der Waals surface area contributed by atoms with Gasteiger partial charge in [0.1, 0.15) is 0 Å². The van der Waals surface area contributed by atoms with Crippen molar-refractivity contribution in [1.82, 2.24) is 5.32 Å². The fourth-order valence-electron chi connectivity index (χ4n) is 2.84. The first-order valence-electron chi connectivity index (χ1n) is 8.92. The zero-order valence-corrected chi connectivity index (χ0v) is 15.3. The number of anilines is 1. The first-order valence-corrected chi connectivity index (χ1v) is 9.30. The van der Waals surface area contributed by atoms with Crippen molar-refractivity contribution in [1.29, 1.82) is 0 Å². The Morgan fingerprint density at radius 1 is 1.04 bits per heavy atom. The van der Waals surface area contributed by atoms with Gasteiger partial charge in [0.15, 0.2) is 11.5 Å². The van der Waals surface area contributed by atoms with Crippen LogP contribution < -0.4 is 20.1 Å². The topological polar surface area (TPSA) is 76.7 Å². The van der Waals surface area contributed by atoms with Gasteiger partial charge in [-0.15, -0.1) is 0 Å². The summed E-state index contributed by atoms with van der Waals surface area (Å²) in [6.45, 7) is 1.01. The molecular weight excluding hydrogens is 368 g/mol. The largest absolute Gasteiger partial charge is 0.489 e. The van der Waals surface area contributed by atoms with Crippen LogP contribution in [-0.4, -0.2) is 31.1 Å². The number of carbonyl (C=O) groups is 2. The quantitative estimate of drug-likeness (QED) is 0.841. The van der Waals surface area contributed by atoms with E-state index in [4.69, 9.17) is 21.1 Å². The molecule has 4 rings (SSSR count). The summed E-state index contributed by atoms with van der Waals surface area (Å²) in [5.74, 6) is 0.337. The molecule has 27 heavy (non-hydrogen) atoms. The van der Waals surface area contributed by atoms with Crippen molar-refractivity contribution in [3.05, 3.63) is 52.5 Å². The molecule has 1 fully saturated rings. The number of hydrogen-bond donors (Lipinski definition) is 2. The third-order valence-electron chi connectivity index (χ3n) is 4.40. The van der Waals surface area contributed by atoms with Crippen LogP contribution in [0.1, 0.15) is 40.0 Å². The predicted molar refractivity (Wildman–Crippen MR) is 102 cm³/mol. The number of amides is 2. The van der Waals surface area contributed by atoms with E-state index in [0.29, 0.717) is 46.5 Å². The van der Waals surface area contributed by atoms with Gasteiger partial charge < -0.3 is 20.1 Å². The molecule has 2 aliphatic rings. The maximum atomic E-state index is 12.7. The Balaban J connectivity index is 1.57. The Bertz CT molecular complexity index is 896. The third kappa shape index (κ3) is 4.01. The van der Waals surface area contributed by atoms with Gasteiger partial charge in [0.05, 0.1) is 29.5 Å². The highest BCUT2D eigenvalue weighted by Crippen LogP contribution is 2.38. The first-order chi connectivity index (χ1) is 13.1. The van der Waals surface area contributed by atoms with Gasteiger partial charge in [-0.05, 0) is 37.1 Å². The van der Waals surface area contributed by atoms with E-state index in [1.807, 2.05) is 0 Å². The minimum atomic E-state index is -0.376. The average molecular weight is 387 g/mol. The summed E-state index contributed by atoms with van der Waals surface area (Å²) in [6.07, 6.45) is 2.74. The molecule has 0 unspecified atom stereocenters. The normalized spacial score (nSPS) is 15.6. The molecule has 1 heterocycles. The van der Waals surface area contributed by atoms with E-state index in [9.17, 15) is 9.59 Å². The van der Waals surface area contributed by atoms with Crippen LogP contribution in [0.5, 0.6) is 11.5 Å². The maximum absolute atomic E-state index is 12.7. The number of nitrogens with one attached hydrogen (secondary N) is 2. The van der Waals surface area contributed by atoms with Crippen LogP contribution in [0, 0.1) is 0 Å². The van der Waals surface area contributed by atoms with E-state index >= 15 is 0 Å². The summed E-state index contributed by atoms with van der Waals surface area (Å²) in [6, 6.07) is 10.3. The number of carbonyl (C=O) groups excluding carboxylic acids is 2. The van der Waals surface area contributed by atoms with E-state index in [2.05, 4.69) is 10.6 Å². The zero-order valence-electron chi connectivity index (χ0n) is 14.6. The summed E-state index contributed by atoms with van der Waals surface area (Å²) in [7, 11) is 0. The van der Waals surface area contributed by atoms with E-state index in [1.54, 1.807) is 30.3 Å². The van der Waals surface area contributed by atoms with Gasteiger partial charge >= 0.3 is 0 Å². The van der Waals surface area contributed by atoms with Gasteiger partial charge in [0, 0.05) is 18.0 Å². The number of hydrogen-bond acceptors (Lipinski definition) is 4. The Morgan fingerprint density at radius 3 is 2.63 bits per heavy atom. The van der Waals surface area contributed by atoms with Crippen molar-refractivity contribution in [2.75, 3.05) is 18.5 Å². The van der Waals surface area contributed by atoms with Crippen LogP contribution >= 0.6 is 11.6 Å². The lowest BCUT2D eigenvalue weighted by Crippen LogP contribution is -2.27. The van der Waals surface area contributed by atoms with Gasteiger partial charge in [0.25, 0.3) is 11.8 Å². The number of para-hydroxylation sites is 1. The molecule has 140 valence electrons. The second kappa shape index (κ2) is 7.48. The van der Waals surface area contributed by atoms with Crippen LogP contribution in [0.2, 0.25) is 5.02 Å². The van der Waals surface area contributed by atoms with Gasteiger partial charge in [-0.3, -0.25) is 9.59 Å². The van der Waals surface area contributed by atoms with Crippen molar-refractivity contribution in [2.24, 2.45) is 0 Å². The van der Waals surface area contributed by atoms with Crippen molar-refractivity contribution in [3.8, 4) is 11.5 Å². The first kappa shape index (κ1) is 17.7. The molecule has 7 heteroatoms. The van der Waals surface area contributed by atoms with Gasteiger partial charge in [-0.1, -0.05) is 23.7 Å². The second-order valence-electron chi connectivity index (χ2n) is 6.58. The maximum Gasteiger partial charge on any atom is 0.255 e. The molecule has 2 amide bonds. The number of halogens is 1. The molecule has 0 atom stereocenters. The van der Waals surface area contributed by atoms with Gasteiger partial charge in [0.2, 0.25) is 0 Å². The SMILES string of the molecule is O=C(Nc1ccccc1C(=O)NC1CC1)c1cc(Cl)c2c(c1)OCCCO2. The van der Waals surface area contributed by atoms with Crippen LogP contribution in [0.4, 0.5) is 5.69 Å². The van der Waals surface area contributed by atoms with Crippen LogP contribution in [-0.2, 0) is 0 Å². The number of ether oxygens (including phenoxy) is 2. The summed E-state index contributed by atoms with van der Waals surface area (Å²) < 4.78 is 11.2. The van der Waals surface area contributed by atoms with Crippen molar-refractivity contribution >= 4 is 29.1 Å². The van der Waals surface area contributed by atoms with Crippen molar-refractivity contribution < 1.29 is 19.1 Å². The Kier molecular flexibility index (Phi) is 4.90. The molecule has 0 radical (unpaired) electrons. The fraction of sp³-hybridized carbons (Fsp3) is 0.300. The smallest absolute Gasteiger partial charge is 0.255 e. The lowest BCUT2D eigenvalue weighted by Gasteiger charge is -2.13. The van der Waals surface area contributed by atoms with Gasteiger partial charge in [-0.2, -0.15) is 0 Å². The molecule has 0 spiro atoms. The van der Waals surface area contributed by atoms with E-state index < -0.39 is 0 Å². The summed E-state index contributed by atoms with van der Waals surface area (Å²) >= 11 is 6.26. The summed E-state index contributed by atoms with van der Waals surface area (Å²) in [5.41, 5.74) is 1.21. The van der Waals surface area contributed by atoms with E-state index in [1.165, 1.54) is 6.07 Å². The average Bonchev–Trinajstić information content (AvgIpc) is 3.48. The highest BCUT2D eigenvalue weighted by molar-refractivity contribution is 6.32. The standard InChI is InChI=1S/C20H19ClN2O4/c21-15-10-12(11-17-18(15)27-9-3-8-26-17)19(24)23-16-5-2-1-4-14(16)20(25)22-13-6-7-13/h1-2,4-5,10-11,13H,3,6-9H2,(H,22,25)(H,23,24). The Morgan fingerprint density at radius 2 is 1.81 bits per heavy atom. The molecule has 2 aromatic carbocycles. The molecule has 2 N–H and O–H groups in total. The monoisotopic (exact) mass is 386 g/mol. The lowest BCUT2D eigenvalue weighted by molar-refractivity contribution is 0.0952. The molecule has 6 nitrogen and oxygen atoms in total. The third-order valence-corrected chi connectivity index (χ3v) is 4.68. The van der Waals surface area contributed by atoms with Crippen LogP contribution in [0.3, 0.4) is 0 Å². The predicted octanol–water partition coefficient (Wildman–Crippen LogP) is 3.65. The van der Waals surface area contributed by atoms with Crippen molar-refractivity contribution in [3.63, 3.8) is 0 Å². The van der Waals surface area contributed by atoms with E-state index in [0.717, 1.165) is 19.3 Å². The van der Waals surface area contributed by atoms with Crippen LogP contribution in [0.25, 0.3) is 0 Å². The van der Waals surface area contributed by atoms with Crippen molar-refractivity contribution in [2.45, 2.75) is 25.3 Å². The molecule has 0 bridgehead atoms. The highest BCUT2D eigenvalue weighted by atomic mass is 35.5. The summed E-state index contributed by atoms with van der Waals surface area (Å²) in [5, 5.41) is 6.05. The van der Waals surface area contributed by atoms with Gasteiger partial charge in [-0.25, -0.2) is 0 Å². The Hall–Kier alpha value is -2.73. The number of benzene rings is 2. The summed E-state index contributed by atoms with van der Waals surface area (Å²) in [4.78, 5) is 25.1.